The molecule has 0 spiro atoms. The second-order valence-corrected chi connectivity index (χ2v) is 8.12. The van der Waals surface area contributed by atoms with Gasteiger partial charge in [-0.05, 0) is 49.4 Å². The number of sulfonamides is 1. The van der Waals surface area contributed by atoms with Crippen molar-refractivity contribution in [2.24, 2.45) is 5.14 Å². The van der Waals surface area contributed by atoms with Crippen LogP contribution in [0.1, 0.15) is 12.5 Å². The highest BCUT2D eigenvalue weighted by Gasteiger charge is 2.17. The Morgan fingerprint density at radius 1 is 1.25 bits per heavy atom. The van der Waals surface area contributed by atoms with Crippen molar-refractivity contribution in [2.45, 2.75) is 17.9 Å². The van der Waals surface area contributed by atoms with Crippen molar-refractivity contribution in [2.75, 3.05) is 5.32 Å². The molecule has 1 unspecified atom stereocenters. The molecule has 0 fully saturated rings. The third-order valence-electron chi connectivity index (χ3n) is 3.45. The van der Waals surface area contributed by atoms with Gasteiger partial charge in [0.1, 0.15) is 5.82 Å². The van der Waals surface area contributed by atoms with Gasteiger partial charge in [0.15, 0.2) is 6.10 Å². The van der Waals surface area contributed by atoms with E-state index in [0.717, 1.165) is 6.08 Å². The third-order valence-corrected chi connectivity index (χ3v) is 4.85. The number of rotatable bonds is 6. The van der Waals surface area contributed by atoms with E-state index in [9.17, 15) is 22.4 Å². The summed E-state index contributed by atoms with van der Waals surface area (Å²) in [4.78, 5) is 23.8. The summed E-state index contributed by atoms with van der Waals surface area (Å²) in [7, 11) is -3.92. The number of halogens is 2. The monoisotopic (exact) mass is 470 g/mol. The Morgan fingerprint density at radius 3 is 2.64 bits per heavy atom. The molecular formula is C18H16BrFN2O5S. The van der Waals surface area contributed by atoms with E-state index in [1.807, 2.05) is 0 Å². The summed E-state index contributed by atoms with van der Waals surface area (Å²) in [6, 6.07) is 9.55. The minimum Gasteiger partial charge on any atom is -0.449 e. The largest absolute Gasteiger partial charge is 0.449 e. The SMILES string of the molecule is CC(OC(=O)/C=C/c1cc(Br)ccc1F)C(=O)Nc1cccc(S(N)(=O)=O)c1. The number of nitrogens with one attached hydrogen (secondary N) is 1. The van der Waals surface area contributed by atoms with Crippen LogP contribution >= 0.6 is 15.9 Å². The lowest BCUT2D eigenvalue weighted by molar-refractivity contribution is -0.148. The van der Waals surface area contributed by atoms with Gasteiger partial charge in [-0.2, -0.15) is 0 Å². The van der Waals surface area contributed by atoms with E-state index in [0.29, 0.717) is 4.47 Å². The zero-order valence-electron chi connectivity index (χ0n) is 14.6. The van der Waals surface area contributed by atoms with Gasteiger partial charge in [-0.1, -0.05) is 22.0 Å². The summed E-state index contributed by atoms with van der Waals surface area (Å²) in [5, 5.41) is 7.46. The molecule has 2 aromatic carbocycles. The predicted octanol–water partition coefficient (Wildman–Crippen LogP) is 2.82. The van der Waals surface area contributed by atoms with E-state index >= 15 is 0 Å². The van der Waals surface area contributed by atoms with Crippen LogP contribution in [-0.4, -0.2) is 26.4 Å². The molecule has 10 heteroatoms. The molecule has 0 bridgehead atoms. The van der Waals surface area contributed by atoms with Crippen LogP contribution < -0.4 is 10.5 Å². The molecule has 0 aliphatic carbocycles. The van der Waals surface area contributed by atoms with E-state index in [-0.39, 0.29) is 16.1 Å². The first-order valence-corrected chi connectivity index (χ1v) is 10.2. The van der Waals surface area contributed by atoms with Gasteiger partial charge >= 0.3 is 5.97 Å². The molecule has 1 amide bonds. The molecule has 0 aliphatic rings. The summed E-state index contributed by atoms with van der Waals surface area (Å²) in [6.07, 6.45) is 1.04. The number of hydrogen-bond acceptors (Lipinski definition) is 5. The molecule has 2 aromatic rings. The van der Waals surface area contributed by atoms with Gasteiger partial charge in [-0.25, -0.2) is 22.7 Å². The lowest BCUT2D eigenvalue weighted by Crippen LogP contribution is -2.29. The molecule has 148 valence electrons. The number of primary sulfonamides is 1. The first kappa shape index (κ1) is 21.7. The molecule has 2 rings (SSSR count). The van der Waals surface area contributed by atoms with Crippen LogP contribution in [0, 0.1) is 5.82 Å². The lowest BCUT2D eigenvalue weighted by Gasteiger charge is -2.13. The van der Waals surface area contributed by atoms with Crippen molar-refractivity contribution in [3.8, 4) is 0 Å². The number of benzene rings is 2. The van der Waals surface area contributed by atoms with Crippen molar-refractivity contribution in [1.29, 1.82) is 0 Å². The fraction of sp³-hybridized carbons (Fsp3) is 0.111. The number of anilines is 1. The van der Waals surface area contributed by atoms with Crippen molar-refractivity contribution < 1.29 is 27.1 Å². The Labute approximate surface area is 169 Å². The minimum atomic E-state index is -3.92. The van der Waals surface area contributed by atoms with Crippen LogP contribution in [0.15, 0.2) is 57.9 Å². The zero-order chi connectivity index (χ0) is 20.9. The maximum Gasteiger partial charge on any atom is 0.331 e. The summed E-state index contributed by atoms with van der Waals surface area (Å²) in [6.45, 7) is 1.34. The lowest BCUT2D eigenvalue weighted by atomic mass is 10.2. The minimum absolute atomic E-state index is 0.170. The third kappa shape index (κ3) is 6.25. The number of esters is 1. The molecule has 1 atom stereocenters. The highest BCUT2D eigenvalue weighted by Crippen LogP contribution is 2.17. The van der Waals surface area contributed by atoms with Crippen molar-refractivity contribution >= 4 is 49.6 Å². The maximum atomic E-state index is 13.6. The standard InChI is InChI=1S/C18H16BrFN2O5S/c1-11(18(24)22-14-3-2-4-15(10-14)28(21,25)26)27-17(23)8-5-12-9-13(19)6-7-16(12)20/h2-11H,1H3,(H,22,24)(H2,21,25,26)/b8-5+. The van der Waals surface area contributed by atoms with Gasteiger partial charge in [0.25, 0.3) is 5.91 Å². The molecule has 0 saturated heterocycles. The van der Waals surface area contributed by atoms with Crippen LogP contribution in [-0.2, 0) is 24.3 Å². The Hall–Kier alpha value is -2.56. The van der Waals surface area contributed by atoms with E-state index in [4.69, 9.17) is 9.88 Å². The second-order valence-electron chi connectivity index (χ2n) is 5.64. The van der Waals surface area contributed by atoms with Crippen LogP contribution in [0.2, 0.25) is 0 Å². The molecule has 0 heterocycles. The normalized spacial score (nSPS) is 12.6. The number of carbonyl (C=O) groups excluding carboxylic acids is 2. The number of carbonyl (C=O) groups is 2. The Morgan fingerprint density at radius 2 is 1.96 bits per heavy atom. The zero-order valence-corrected chi connectivity index (χ0v) is 17.0. The first-order valence-electron chi connectivity index (χ1n) is 7.84. The Kier molecular flexibility index (Phi) is 7.05. The van der Waals surface area contributed by atoms with E-state index in [2.05, 4.69) is 21.2 Å². The molecule has 0 aromatic heterocycles. The van der Waals surface area contributed by atoms with Crippen LogP contribution in [0.4, 0.5) is 10.1 Å². The van der Waals surface area contributed by atoms with Crippen molar-refractivity contribution in [3.63, 3.8) is 0 Å². The maximum absolute atomic E-state index is 13.6. The predicted molar refractivity (Wildman–Crippen MR) is 105 cm³/mol. The molecule has 0 saturated carbocycles. The average molecular weight is 471 g/mol. The molecule has 3 N–H and O–H groups in total. The smallest absolute Gasteiger partial charge is 0.331 e. The average Bonchev–Trinajstić information content (AvgIpc) is 2.62. The quantitative estimate of drug-likeness (QED) is 0.497. The molecule has 0 radical (unpaired) electrons. The summed E-state index contributed by atoms with van der Waals surface area (Å²) in [5.74, 6) is -2.05. The molecule has 28 heavy (non-hydrogen) atoms. The van der Waals surface area contributed by atoms with E-state index in [1.54, 1.807) is 0 Å². The van der Waals surface area contributed by atoms with Gasteiger partial charge in [0, 0.05) is 21.8 Å². The Bertz CT molecular complexity index is 1040. The molecular weight excluding hydrogens is 455 g/mol. The second kappa shape index (κ2) is 9.09. The first-order chi connectivity index (χ1) is 13.1. The van der Waals surface area contributed by atoms with Gasteiger partial charge < -0.3 is 10.1 Å². The van der Waals surface area contributed by atoms with Gasteiger partial charge in [0.2, 0.25) is 10.0 Å². The number of hydrogen-bond donors (Lipinski definition) is 2. The Balaban J connectivity index is 1.99. The molecule has 0 aliphatic heterocycles. The van der Waals surface area contributed by atoms with Crippen LogP contribution in [0.5, 0.6) is 0 Å². The number of nitrogens with two attached hydrogens (primary N) is 1. The molecule has 7 nitrogen and oxygen atoms in total. The van der Waals surface area contributed by atoms with Crippen LogP contribution in [0.25, 0.3) is 6.08 Å². The van der Waals surface area contributed by atoms with Gasteiger partial charge in [0.05, 0.1) is 4.90 Å². The van der Waals surface area contributed by atoms with Gasteiger partial charge in [-0.15, -0.1) is 0 Å². The summed E-state index contributed by atoms with van der Waals surface area (Å²) in [5.41, 5.74) is 0.342. The fourth-order valence-electron chi connectivity index (χ4n) is 2.06. The topological polar surface area (TPSA) is 116 Å². The van der Waals surface area contributed by atoms with Crippen LogP contribution in [0.3, 0.4) is 0 Å². The van der Waals surface area contributed by atoms with Crippen molar-refractivity contribution in [1.82, 2.24) is 0 Å². The number of amides is 1. The van der Waals surface area contributed by atoms with E-state index < -0.39 is 33.8 Å². The highest BCUT2D eigenvalue weighted by atomic mass is 79.9. The highest BCUT2D eigenvalue weighted by molar-refractivity contribution is 9.10. The number of ether oxygens (including phenoxy) is 1. The van der Waals surface area contributed by atoms with Crippen molar-refractivity contribution in [3.05, 3.63) is 64.4 Å². The van der Waals surface area contributed by atoms with E-state index in [1.165, 1.54) is 55.5 Å². The van der Waals surface area contributed by atoms with Gasteiger partial charge in [-0.3, -0.25) is 4.79 Å². The summed E-state index contributed by atoms with van der Waals surface area (Å²) < 4.78 is 41.9. The fourth-order valence-corrected chi connectivity index (χ4v) is 3.00. The summed E-state index contributed by atoms with van der Waals surface area (Å²) >= 11 is 3.20.